The molecular weight excluding hydrogens is 398 g/mol. The van der Waals surface area contributed by atoms with Crippen molar-refractivity contribution in [3.05, 3.63) is 17.7 Å². The Balaban J connectivity index is 1.51. The summed E-state index contributed by atoms with van der Waals surface area (Å²) in [5.74, 6) is 3.00. The van der Waals surface area contributed by atoms with Crippen molar-refractivity contribution in [3.8, 4) is 17.2 Å². The number of aliphatic imine (C=N–C) groups is 1. The van der Waals surface area contributed by atoms with E-state index in [9.17, 15) is 0 Å². The number of likely N-dealkylation sites (tertiary alicyclic amines) is 1. The average Bonchev–Trinajstić information content (AvgIpc) is 2.84. The smallest absolute Gasteiger partial charge is 0.193 e. The Kier molecular flexibility index (Phi) is 9.09. The van der Waals surface area contributed by atoms with E-state index in [2.05, 4.69) is 15.2 Å². The highest BCUT2D eigenvalue weighted by atomic mass is 16.5. The van der Waals surface area contributed by atoms with Gasteiger partial charge in [0.1, 0.15) is 17.2 Å². The fourth-order valence-electron chi connectivity index (χ4n) is 4.17. The van der Waals surface area contributed by atoms with E-state index in [1.807, 2.05) is 19.2 Å². The van der Waals surface area contributed by atoms with Gasteiger partial charge in [0.15, 0.2) is 5.96 Å². The Morgan fingerprint density at radius 1 is 1.06 bits per heavy atom. The van der Waals surface area contributed by atoms with Crippen LogP contribution in [0.25, 0.3) is 0 Å². The first kappa shape index (κ1) is 23.5. The molecule has 174 valence electrons. The minimum atomic E-state index is 0.274. The maximum Gasteiger partial charge on any atom is 0.193 e. The zero-order valence-corrected chi connectivity index (χ0v) is 19.3. The van der Waals surface area contributed by atoms with Crippen LogP contribution in [0.1, 0.15) is 37.7 Å². The number of nitrogens with zero attached hydrogens (tertiary/aromatic N) is 2. The minimum Gasteiger partial charge on any atom is -0.496 e. The molecule has 1 N–H and O–H groups in total. The maximum absolute atomic E-state index is 6.14. The number of benzene rings is 1. The van der Waals surface area contributed by atoms with E-state index in [-0.39, 0.29) is 6.10 Å². The largest absolute Gasteiger partial charge is 0.496 e. The van der Waals surface area contributed by atoms with Crippen molar-refractivity contribution >= 4 is 5.96 Å². The topological polar surface area (TPSA) is 73.8 Å². The van der Waals surface area contributed by atoms with Crippen LogP contribution in [0.15, 0.2) is 17.1 Å². The molecule has 0 bridgehead atoms. The zero-order valence-electron chi connectivity index (χ0n) is 19.3. The number of piperidine rings is 1. The van der Waals surface area contributed by atoms with Gasteiger partial charge in [-0.25, -0.2) is 0 Å². The lowest BCUT2D eigenvalue weighted by Crippen LogP contribution is -2.47. The van der Waals surface area contributed by atoms with Gasteiger partial charge in [0.25, 0.3) is 0 Å². The van der Waals surface area contributed by atoms with Gasteiger partial charge in [0.05, 0.1) is 52.3 Å². The van der Waals surface area contributed by atoms with E-state index in [0.717, 1.165) is 62.0 Å². The molecule has 0 saturated carbocycles. The quantitative estimate of drug-likeness (QED) is 0.497. The second-order valence-electron chi connectivity index (χ2n) is 7.92. The Labute approximate surface area is 185 Å². The molecule has 1 aromatic carbocycles. The predicted octanol–water partition coefficient (Wildman–Crippen LogP) is 2.84. The molecule has 2 heterocycles. The van der Waals surface area contributed by atoms with E-state index in [1.54, 1.807) is 21.3 Å². The lowest BCUT2D eigenvalue weighted by atomic mass is 10.1. The van der Waals surface area contributed by atoms with Crippen molar-refractivity contribution in [2.45, 2.75) is 50.9 Å². The number of methoxy groups -OCH3 is 3. The minimum absolute atomic E-state index is 0.274. The first-order chi connectivity index (χ1) is 15.2. The van der Waals surface area contributed by atoms with Crippen LogP contribution in [0.4, 0.5) is 0 Å². The summed E-state index contributed by atoms with van der Waals surface area (Å²) in [6, 6.07) is 3.72. The molecule has 0 aromatic heterocycles. The van der Waals surface area contributed by atoms with Gasteiger partial charge in [-0.1, -0.05) is 0 Å². The molecule has 0 spiro atoms. The molecule has 31 heavy (non-hydrogen) atoms. The van der Waals surface area contributed by atoms with Crippen molar-refractivity contribution in [2.75, 3.05) is 54.7 Å². The molecule has 1 atom stereocenters. The molecule has 2 aliphatic heterocycles. The van der Waals surface area contributed by atoms with E-state index in [1.165, 1.54) is 12.8 Å². The summed E-state index contributed by atoms with van der Waals surface area (Å²) in [4.78, 5) is 6.76. The molecule has 0 amide bonds. The first-order valence-electron chi connectivity index (χ1n) is 11.2. The number of rotatable bonds is 8. The molecule has 8 heteroatoms. The fraction of sp³-hybridized carbons (Fsp3) is 0.696. The molecule has 8 nitrogen and oxygen atoms in total. The number of guanidine groups is 1. The predicted molar refractivity (Wildman–Crippen MR) is 120 cm³/mol. The third-order valence-electron chi connectivity index (χ3n) is 5.99. The summed E-state index contributed by atoms with van der Waals surface area (Å²) < 4.78 is 28.4. The highest BCUT2D eigenvalue weighted by Crippen LogP contribution is 2.34. The van der Waals surface area contributed by atoms with E-state index in [0.29, 0.717) is 25.0 Å². The Bertz CT molecular complexity index is 688. The van der Waals surface area contributed by atoms with Crippen LogP contribution in [0.5, 0.6) is 17.2 Å². The Hall–Kier alpha value is -2.19. The summed E-state index contributed by atoms with van der Waals surface area (Å²) in [6.45, 7) is 3.95. The van der Waals surface area contributed by atoms with Crippen LogP contribution in [0, 0.1) is 0 Å². The van der Waals surface area contributed by atoms with Crippen LogP contribution >= 0.6 is 0 Å². The number of ether oxygens (including phenoxy) is 5. The Morgan fingerprint density at radius 3 is 2.32 bits per heavy atom. The van der Waals surface area contributed by atoms with E-state index in [4.69, 9.17) is 23.7 Å². The summed E-state index contributed by atoms with van der Waals surface area (Å²) in [7, 11) is 6.74. The lowest BCUT2D eigenvalue weighted by Gasteiger charge is -2.35. The normalized spacial score (nSPS) is 20.5. The van der Waals surface area contributed by atoms with Gasteiger partial charge >= 0.3 is 0 Å². The summed E-state index contributed by atoms with van der Waals surface area (Å²) in [6.07, 6.45) is 6.09. The molecule has 1 aromatic rings. The third kappa shape index (κ3) is 6.40. The lowest BCUT2D eigenvalue weighted by molar-refractivity contribution is -0.0721. The number of hydrogen-bond donors (Lipinski definition) is 1. The van der Waals surface area contributed by atoms with Gasteiger partial charge in [0, 0.05) is 38.9 Å². The fourth-order valence-corrected chi connectivity index (χ4v) is 4.17. The van der Waals surface area contributed by atoms with Gasteiger partial charge in [0.2, 0.25) is 0 Å². The highest BCUT2D eigenvalue weighted by molar-refractivity contribution is 5.80. The molecule has 0 radical (unpaired) electrons. The molecule has 2 aliphatic rings. The SMILES string of the molecule is CN=C(NCc1c(OC)cc(OC)cc1OC)N1CCC(OCC2CCCCO2)CC1. The van der Waals surface area contributed by atoms with Crippen molar-refractivity contribution in [2.24, 2.45) is 4.99 Å². The molecular formula is C23H37N3O5. The van der Waals surface area contributed by atoms with Crippen molar-refractivity contribution in [1.82, 2.24) is 10.2 Å². The van der Waals surface area contributed by atoms with Gasteiger partial charge in [-0.15, -0.1) is 0 Å². The van der Waals surface area contributed by atoms with Crippen LogP contribution in [0.3, 0.4) is 0 Å². The van der Waals surface area contributed by atoms with Gasteiger partial charge in [-0.05, 0) is 32.1 Å². The standard InChI is InChI=1S/C23H37N3O5/c1-24-23(25-15-20-21(28-3)13-19(27-2)14-22(20)29-4)26-10-8-17(9-11-26)31-16-18-7-5-6-12-30-18/h13-14,17-18H,5-12,15-16H2,1-4H3,(H,24,25). The number of hydrogen-bond acceptors (Lipinski definition) is 6. The van der Waals surface area contributed by atoms with Crippen LogP contribution < -0.4 is 19.5 Å². The monoisotopic (exact) mass is 435 g/mol. The molecule has 0 aliphatic carbocycles. The second kappa shape index (κ2) is 12.0. The highest BCUT2D eigenvalue weighted by Gasteiger charge is 2.24. The van der Waals surface area contributed by atoms with Gasteiger partial charge in [-0.3, -0.25) is 4.99 Å². The van der Waals surface area contributed by atoms with Crippen LogP contribution in [-0.2, 0) is 16.0 Å². The van der Waals surface area contributed by atoms with Crippen molar-refractivity contribution < 1.29 is 23.7 Å². The van der Waals surface area contributed by atoms with Crippen LogP contribution in [-0.4, -0.2) is 77.7 Å². The summed E-state index contributed by atoms with van der Waals surface area (Å²) in [5, 5.41) is 3.46. The van der Waals surface area contributed by atoms with Gasteiger partial charge in [-0.2, -0.15) is 0 Å². The maximum atomic E-state index is 6.14. The molecule has 1 unspecified atom stereocenters. The summed E-state index contributed by atoms with van der Waals surface area (Å²) in [5.41, 5.74) is 0.928. The molecule has 3 rings (SSSR count). The van der Waals surface area contributed by atoms with Crippen LogP contribution in [0.2, 0.25) is 0 Å². The summed E-state index contributed by atoms with van der Waals surface area (Å²) >= 11 is 0. The van der Waals surface area contributed by atoms with E-state index >= 15 is 0 Å². The zero-order chi connectivity index (χ0) is 22.1. The molecule has 2 saturated heterocycles. The Morgan fingerprint density at radius 2 is 1.77 bits per heavy atom. The average molecular weight is 436 g/mol. The van der Waals surface area contributed by atoms with E-state index < -0.39 is 0 Å². The molecule has 2 fully saturated rings. The first-order valence-corrected chi connectivity index (χ1v) is 11.2. The van der Waals surface area contributed by atoms with Gasteiger partial charge < -0.3 is 33.9 Å². The number of nitrogens with one attached hydrogen (secondary N) is 1. The second-order valence-corrected chi connectivity index (χ2v) is 7.92. The third-order valence-corrected chi connectivity index (χ3v) is 5.99. The van der Waals surface area contributed by atoms with Crippen molar-refractivity contribution in [1.29, 1.82) is 0 Å². The van der Waals surface area contributed by atoms with Crippen molar-refractivity contribution in [3.63, 3.8) is 0 Å².